The zero-order valence-electron chi connectivity index (χ0n) is 16.9. The van der Waals surface area contributed by atoms with Gasteiger partial charge in [-0.3, -0.25) is 9.36 Å². The van der Waals surface area contributed by atoms with Crippen molar-refractivity contribution in [2.24, 2.45) is 0 Å². The van der Waals surface area contributed by atoms with Crippen LogP contribution in [0.5, 0.6) is 5.75 Å². The van der Waals surface area contributed by atoms with Gasteiger partial charge in [0.25, 0.3) is 5.91 Å². The normalized spacial score (nSPS) is 10.6. The molecule has 4 aromatic rings. The third-order valence-corrected chi connectivity index (χ3v) is 4.76. The quantitative estimate of drug-likeness (QED) is 0.529. The van der Waals surface area contributed by atoms with Gasteiger partial charge in [-0.25, -0.2) is 9.97 Å². The first kappa shape index (κ1) is 19.4. The summed E-state index contributed by atoms with van der Waals surface area (Å²) in [5.74, 6) is 0.885. The highest BCUT2D eigenvalue weighted by molar-refractivity contribution is 5.94. The number of nitrogens with zero attached hydrogens (tertiary/aromatic N) is 3. The van der Waals surface area contributed by atoms with E-state index in [1.807, 2.05) is 43.5 Å². The van der Waals surface area contributed by atoms with Crippen molar-refractivity contribution in [1.82, 2.24) is 19.9 Å². The summed E-state index contributed by atoms with van der Waals surface area (Å²) in [6.07, 6.45) is 5.06. The summed E-state index contributed by atoms with van der Waals surface area (Å²) >= 11 is 0. The van der Waals surface area contributed by atoms with Gasteiger partial charge in [0.15, 0.2) is 11.6 Å². The highest BCUT2D eigenvalue weighted by atomic mass is 16.5. The van der Waals surface area contributed by atoms with Gasteiger partial charge in [0.1, 0.15) is 6.33 Å². The van der Waals surface area contributed by atoms with Crippen molar-refractivity contribution in [3.8, 4) is 22.7 Å². The third kappa shape index (κ3) is 4.22. The van der Waals surface area contributed by atoms with Crippen LogP contribution < -0.4 is 10.1 Å². The summed E-state index contributed by atoms with van der Waals surface area (Å²) in [6.45, 7) is 2.32. The van der Waals surface area contributed by atoms with Gasteiger partial charge in [-0.1, -0.05) is 48.5 Å². The van der Waals surface area contributed by atoms with Crippen LogP contribution in [0.1, 0.15) is 21.6 Å². The minimum absolute atomic E-state index is 0.209. The lowest BCUT2D eigenvalue weighted by Gasteiger charge is -2.11. The van der Waals surface area contributed by atoms with E-state index in [-0.39, 0.29) is 5.91 Å². The van der Waals surface area contributed by atoms with E-state index in [4.69, 9.17) is 4.74 Å². The standard InChI is InChI=1S/C24H22N4O2/c1-17-15-28(16-27-17)23-22(30-2)12-21(14-25-23)24(29)26-13-18-7-6-10-20(11-18)19-8-4-3-5-9-19/h3-12,14-16H,13H2,1-2H3,(H,26,29). The molecule has 2 aromatic carbocycles. The lowest BCUT2D eigenvalue weighted by Crippen LogP contribution is -2.23. The van der Waals surface area contributed by atoms with Crippen LogP contribution in [0.3, 0.4) is 0 Å². The van der Waals surface area contributed by atoms with Crippen molar-refractivity contribution in [1.29, 1.82) is 0 Å². The summed E-state index contributed by atoms with van der Waals surface area (Å²) in [5, 5.41) is 2.95. The van der Waals surface area contributed by atoms with Crippen LogP contribution >= 0.6 is 0 Å². The SMILES string of the molecule is COc1cc(C(=O)NCc2cccc(-c3ccccc3)c2)cnc1-n1cnc(C)c1. The van der Waals surface area contributed by atoms with Crippen LogP contribution in [-0.4, -0.2) is 27.6 Å². The van der Waals surface area contributed by atoms with Gasteiger partial charge in [-0.15, -0.1) is 0 Å². The van der Waals surface area contributed by atoms with Crippen LogP contribution in [0.25, 0.3) is 16.9 Å². The number of aromatic nitrogens is 3. The molecule has 0 unspecified atom stereocenters. The maximum absolute atomic E-state index is 12.7. The number of rotatable bonds is 6. The van der Waals surface area contributed by atoms with Crippen molar-refractivity contribution in [3.05, 3.63) is 96.2 Å². The molecule has 2 aromatic heterocycles. The van der Waals surface area contributed by atoms with Crippen LogP contribution in [0.15, 0.2) is 79.4 Å². The highest BCUT2D eigenvalue weighted by Crippen LogP contribution is 2.22. The number of ether oxygens (including phenoxy) is 1. The molecule has 150 valence electrons. The summed E-state index contributed by atoms with van der Waals surface area (Å²) in [7, 11) is 1.56. The fourth-order valence-electron chi connectivity index (χ4n) is 3.22. The highest BCUT2D eigenvalue weighted by Gasteiger charge is 2.13. The van der Waals surface area contributed by atoms with E-state index in [9.17, 15) is 4.79 Å². The van der Waals surface area contributed by atoms with E-state index in [0.29, 0.717) is 23.7 Å². The first-order valence-corrected chi connectivity index (χ1v) is 9.61. The molecule has 0 aliphatic carbocycles. The van der Waals surface area contributed by atoms with Crippen molar-refractivity contribution in [2.45, 2.75) is 13.5 Å². The Hall–Kier alpha value is -3.93. The molecule has 0 aliphatic heterocycles. The molecule has 6 nitrogen and oxygen atoms in total. The summed E-state index contributed by atoms with van der Waals surface area (Å²) in [5.41, 5.74) is 4.59. The second-order valence-corrected chi connectivity index (χ2v) is 6.92. The number of nitrogens with one attached hydrogen (secondary N) is 1. The molecule has 0 aliphatic rings. The van der Waals surface area contributed by atoms with Crippen molar-refractivity contribution < 1.29 is 9.53 Å². The number of imidazole rings is 1. The molecule has 30 heavy (non-hydrogen) atoms. The number of carbonyl (C=O) groups is 1. The second-order valence-electron chi connectivity index (χ2n) is 6.92. The summed E-state index contributed by atoms with van der Waals surface area (Å²) < 4.78 is 7.21. The average Bonchev–Trinajstić information content (AvgIpc) is 3.23. The largest absolute Gasteiger partial charge is 0.493 e. The lowest BCUT2D eigenvalue weighted by molar-refractivity contribution is 0.0950. The van der Waals surface area contributed by atoms with E-state index < -0.39 is 0 Å². The number of benzene rings is 2. The Morgan fingerprint density at radius 3 is 2.57 bits per heavy atom. The van der Waals surface area contributed by atoms with E-state index in [0.717, 1.165) is 22.4 Å². The first-order chi connectivity index (χ1) is 14.6. The molecule has 0 fully saturated rings. The van der Waals surface area contributed by atoms with Gasteiger partial charge in [0.2, 0.25) is 0 Å². The molecule has 0 saturated carbocycles. The average molecular weight is 398 g/mol. The fraction of sp³-hybridized carbons (Fsp3) is 0.125. The molecule has 2 heterocycles. The molecular weight excluding hydrogens is 376 g/mol. The van der Waals surface area contributed by atoms with E-state index >= 15 is 0 Å². The number of carbonyl (C=O) groups excluding carboxylic acids is 1. The maximum atomic E-state index is 12.7. The number of pyridine rings is 1. The molecule has 6 heteroatoms. The zero-order chi connectivity index (χ0) is 20.9. The molecule has 0 spiro atoms. The van der Waals surface area contributed by atoms with E-state index in [1.54, 1.807) is 30.3 Å². The fourth-order valence-corrected chi connectivity index (χ4v) is 3.22. The van der Waals surface area contributed by atoms with Crippen LogP contribution in [-0.2, 0) is 6.54 Å². The van der Waals surface area contributed by atoms with E-state index in [1.165, 1.54) is 0 Å². The Balaban J connectivity index is 1.48. The predicted molar refractivity (Wildman–Crippen MR) is 116 cm³/mol. The molecule has 0 bridgehead atoms. The Kier molecular flexibility index (Phi) is 5.57. The number of hydrogen-bond donors (Lipinski definition) is 1. The van der Waals surface area contributed by atoms with Gasteiger partial charge in [0, 0.05) is 18.9 Å². The van der Waals surface area contributed by atoms with Gasteiger partial charge >= 0.3 is 0 Å². The van der Waals surface area contributed by atoms with Crippen LogP contribution in [0.2, 0.25) is 0 Å². The summed E-state index contributed by atoms with van der Waals surface area (Å²) in [6, 6.07) is 20.0. The molecule has 1 amide bonds. The van der Waals surface area contributed by atoms with E-state index in [2.05, 4.69) is 39.6 Å². The van der Waals surface area contributed by atoms with Crippen LogP contribution in [0, 0.1) is 6.92 Å². The lowest BCUT2D eigenvalue weighted by atomic mass is 10.0. The van der Waals surface area contributed by atoms with Gasteiger partial charge in [-0.2, -0.15) is 0 Å². The Morgan fingerprint density at radius 2 is 1.83 bits per heavy atom. The van der Waals surface area contributed by atoms with Crippen LogP contribution in [0.4, 0.5) is 0 Å². The minimum Gasteiger partial charge on any atom is -0.493 e. The van der Waals surface area contributed by atoms with Crippen molar-refractivity contribution >= 4 is 5.91 Å². The Bertz CT molecular complexity index is 1170. The Morgan fingerprint density at radius 1 is 1.03 bits per heavy atom. The van der Waals surface area contributed by atoms with Gasteiger partial charge in [-0.05, 0) is 35.7 Å². The minimum atomic E-state index is -0.209. The number of methoxy groups -OCH3 is 1. The predicted octanol–water partition coefficient (Wildman–Crippen LogP) is 4.18. The Labute approximate surface area is 175 Å². The monoisotopic (exact) mass is 398 g/mol. The van der Waals surface area contributed by atoms with Gasteiger partial charge < -0.3 is 10.1 Å². The third-order valence-electron chi connectivity index (χ3n) is 4.76. The van der Waals surface area contributed by atoms with Crippen molar-refractivity contribution in [3.63, 3.8) is 0 Å². The molecule has 0 saturated heterocycles. The van der Waals surface area contributed by atoms with Gasteiger partial charge in [0.05, 0.1) is 18.4 Å². The molecule has 0 atom stereocenters. The zero-order valence-corrected chi connectivity index (χ0v) is 16.9. The smallest absolute Gasteiger partial charge is 0.253 e. The molecule has 1 N–H and O–H groups in total. The number of aryl methyl sites for hydroxylation is 1. The number of amides is 1. The second kappa shape index (κ2) is 8.61. The first-order valence-electron chi connectivity index (χ1n) is 9.61. The van der Waals surface area contributed by atoms with Crippen molar-refractivity contribution in [2.75, 3.05) is 7.11 Å². The molecular formula is C24H22N4O2. The summed E-state index contributed by atoms with van der Waals surface area (Å²) in [4.78, 5) is 21.3. The topological polar surface area (TPSA) is 69.0 Å². The maximum Gasteiger partial charge on any atom is 0.253 e. The number of hydrogen-bond acceptors (Lipinski definition) is 4. The molecule has 4 rings (SSSR count). The molecule has 0 radical (unpaired) electrons.